The second kappa shape index (κ2) is 7.53. The minimum absolute atomic E-state index is 0.176. The Bertz CT molecular complexity index is 779. The highest BCUT2D eigenvalue weighted by Gasteiger charge is 2.43. The van der Waals surface area contributed by atoms with Gasteiger partial charge in [-0.25, -0.2) is 9.97 Å². The maximum atomic E-state index is 12.1. The first-order valence-electron chi connectivity index (χ1n) is 9.00. The quantitative estimate of drug-likeness (QED) is 0.795. The van der Waals surface area contributed by atoms with Crippen LogP contribution < -0.4 is 0 Å². The molecule has 0 bridgehead atoms. The van der Waals surface area contributed by atoms with Crippen molar-refractivity contribution in [1.29, 1.82) is 0 Å². The van der Waals surface area contributed by atoms with E-state index in [1.165, 1.54) is 7.11 Å². The van der Waals surface area contributed by atoms with Crippen LogP contribution in [0.1, 0.15) is 60.2 Å². The fourth-order valence-corrected chi connectivity index (χ4v) is 3.75. The van der Waals surface area contributed by atoms with Crippen molar-refractivity contribution < 1.29 is 14.6 Å². The molecule has 1 aliphatic carbocycles. The molecule has 0 atom stereocenters. The molecule has 7 heteroatoms. The number of hydrogen-bond donors (Lipinski definition) is 2. The number of aliphatic hydroxyl groups excluding tert-OH is 1. The minimum atomic E-state index is -0.773. The van der Waals surface area contributed by atoms with Crippen LogP contribution in [-0.4, -0.2) is 45.0 Å². The normalized spacial score (nSPS) is 23.0. The number of ether oxygens (including phenoxy) is 1. The van der Waals surface area contributed by atoms with Crippen molar-refractivity contribution in [3.05, 3.63) is 40.7 Å². The average molecular weight is 358 g/mol. The Balaban J connectivity index is 1.75. The maximum absolute atomic E-state index is 12.1. The molecule has 2 aromatic rings. The van der Waals surface area contributed by atoms with E-state index in [1.807, 2.05) is 26.0 Å². The van der Waals surface area contributed by atoms with Gasteiger partial charge in [0, 0.05) is 23.7 Å². The maximum Gasteiger partial charge on any atom is 0.314 e. The van der Waals surface area contributed by atoms with Crippen molar-refractivity contribution in [2.45, 2.75) is 51.9 Å². The molecule has 0 saturated heterocycles. The molecule has 2 N–H and O–H groups in total. The van der Waals surface area contributed by atoms with Crippen LogP contribution >= 0.6 is 0 Å². The number of carbonyl (C=O) groups excluding carboxylic acids is 1. The number of hydrogen-bond acceptors (Lipinski definition) is 6. The number of aromatic nitrogens is 4. The summed E-state index contributed by atoms with van der Waals surface area (Å²) >= 11 is 0. The number of aryl methyl sites for hydroxylation is 2. The monoisotopic (exact) mass is 358 g/mol. The Kier molecular flexibility index (Phi) is 5.36. The molecule has 0 radical (unpaired) electrons. The van der Waals surface area contributed by atoms with Gasteiger partial charge in [-0.1, -0.05) is 0 Å². The number of methoxy groups -OCH3 is 1. The van der Waals surface area contributed by atoms with Gasteiger partial charge in [0.15, 0.2) is 0 Å². The zero-order chi connectivity index (χ0) is 18.7. The van der Waals surface area contributed by atoms with Crippen molar-refractivity contribution >= 4 is 5.97 Å². The molecule has 0 unspecified atom stereocenters. The lowest BCUT2D eigenvalue weighted by atomic mass is 9.70. The largest absolute Gasteiger partial charge is 0.469 e. The summed E-state index contributed by atoms with van der Waals surface area (Å²) in [6, 6.07) is 4.01. The second-order valence-electron chi connectivity index (χ2n) is 7.28. The number of carbonyl (C=O) groups is 1. The predicted octanol–water partition coefficient (Wildman–Crippen LogP) is 2.22. The molecule has 0 aromatic carbocycles. The van der Waals surface area contributed by atoms with Crippen LogP contribution in [0.5, 0.6) is 0 Å². The molecule has 1 saturated carbocycles. The van der Waals surface area contributed by atoms with Gasteiger partial charge in [0.2, 0.25) is 0 Å². The smallest absolute Gasteiger partial charge is 0.314 e. The van der Waals surface area contributed by atoms with Gasteiger partial charge in [0.1, 0.15) is 5.82 Å². The third-order valence-electron chi connectivity index (χ3n) is 5.27. The zero-order valence-electron chi connectivity index (χ0n) is 15.6. The summed E-state index contributed by atoms with van der Waals surface area (Å²) in [5.74, 6) is 0.695. The number of esters is 1. The standard InChI is InChI=1S/C19H26N4O3/c1-12-8-15(10-16-9-13(2)22-23-16)21-17(20-12)14-4-6-19(11-24,7-5-14)18(25)26-3/h8-9,14,24H,4-7,10-11H2,1-3H3,(H,22,23). The molecule has 7 nitrogen and oxygen atoms in total. The minimum Gasteiger partial charge on any atom is -0.469 e. The number of aromatic amines is 1. The first-order valence-corrected chi connectivity index (χ1v) is 9.00. The summed E-state index contributed by atoms with van der Waals surface area (Å²) in [6.45, 7) is 3.77. The van der Waals surface area contributed by atoms with E-state index in [4.69, 9.17) is 9.72 Å². The van der Waals surface area contributed by atoms with Crippen molar-refractivity contribution in [3.63, 3.8) is 0 Å². The summed E-state index contributed by atoms with van der Waals surface area (Å²) in [7, 11) is 1.37. The lowest BCUT2D eigenvalue weighted by Crippen LogP contribution is -2.39. The Morgan fingerprint density at radius 2 is 2.00 bits per heavy atom. The third kappa shape index (κ3) is 3.77. The zero-order valence-corrected chi connectivity index (χ0v) is 15.6. The highest BCUT2D eigenvalue weighted by Crippen LogP contribution is 2.42. The molecular weight excluding hydrogens is 332 g/mol. The van der Waals surface area contributed by atoms with E-state index >= 15 is 0 Å². The van der Waals surface area contributed by atoms with Gasteiger partial charge in [-0.05, 0) is 51.7 Å². The topological polar surface area (TPSA) is 101 Å². The molecule has 0 amide bonds. The van der Waals surface area contributed by atoms with Crippen LogP contribution in [0.15, 0.2) is 12.1 Å². The fraction of sp³-hybridized carbons (Fsp3) is 0.579. The Labute approximate surface area is 153 Å². The third-order valence-corrected chi connectivity index (χ3v) is 5.27. The van der Waals surface area contributed by atoms with Crippen LogP contribution in [0.3, 0.4) is 0 Å². The van der Waals surface area contributed by atoms with Crippen LogP contribution in [0.25, 0.3) is 0 Å². The molecule has 3 rings (SSSR count). The fourth-order valence-electron chi connectivity index (χ4n) is 3.75. The first kappa shape index (κ1) is 18.5. The lowest BCUT2D eigenvalue weighted by molar-refractivity contribution is -0.158. The van der Waals surface area contributed by atoms with Crippen LogP contribution in [-0.2, 0) is 16.0 Å². The molecular formula is C19H26N4O3. The molecule has 0 spiro atoms. The van der Waals surface area contributed by atoms with Crippen molar-refractivity contribution in [2.75, 3.05) is 13.7 Å². The lowest BCUT2D eigenvalue weighted by Gasteiger charge is -2.35. The highest BCUT2D eigenvalue weighted by atomic mass is 16.5. The van der Waals surface area contributed by atoms with Gasteiger partial charge in [-0.15, -0.1) is 0 Å². The van der Waals surface area contributed by atoms with Gasteiger partial charge in [-0.3, -0.25) is 9.89 Å². The SMILES string of the molecule is COC(=O)C1(CO)CCC(c2nc(C)cc(Cc3cc(C)[nH]n3)n2)CC1. The van der Waals surface area contributed by atoms with Crippen LogP contribution in [0, 0.1) is 19.3 Å². The van der Waals surface area contributed by atoms with Crippen LogP contribution in [0.2, 0.25) is 0 Å². The van der Waals surface area contributed by atoms with E-state index in [9.17, 15) is 9.90 Å². The van der Waals surface area contributed by atoms with Crippen molar-refractivity contribution in [3.8, 4) is 0 Å². The van der Waals surface area contributed by atoms with Gasteiger partial charge >= 0.3 is 5.97 Å². The van der Waals surface area contributed by atoms with E-state index in [-0.39, 0.29) is 18.5 Å². The molecule has 26 heavy (non-hydrogen) atoms. The second-order valence-corrected chi connectivity index (χ2v) is 7.28. The number of nitrogens with zero attached hydrogens (tertiary/aromatic N) is 3. The van der Waals surface area contributed by atoms with Gasteiger partial charge in [0.05, 0.1) is 30.5 Å². The van der Waals surface area contributed by atoms with Gasteiger partial charge < -0.3 is 9.84 Å². The molecule has 0 aliphatic heterocycles. The summed E-state index contributed by atoms with van der Waals surface area (Å²) in [5, 5.41) is 16.9. The molecule has 140 valence electrons. The summed E-state index contributed by atoms with van der Waals surface area (Å²) in [6.07, 6.45) is 3.37. The van der Waals surface area contributed by atoms with Gasteiger partial charge in [-0.2, -0.15) is 5.10 Å². The van der Waals surface area contributed by atoms with Crippen LogP contribution in [0.4, 0.5) is 0 Å². The average Bonchev–Trinajstić information content (AvgIpc) is 3.05. The first-order chi connectivity index (χ1) is 12.5. The highest BCUT2D eigenvalue weighted by molar-refractivity contribution is 5.77. The van der Waals surface area contributed by atoms with E-state index in [2.05, 4.69) is 15.2 Å². The Morgan fingerprint density at radius 1 is 1.27 bits per heavy atom. The number of nitrogens with one attached hydrogen (secondary N) is 1. The Morgan fingerprint density at radius 3 is 2.58 bits per heavy atom. The molecule has 1 aliphatic rings. The summed E-state index contributed by atoms with van der Waals surface area (Å²) < 4.78 is 4.89. The molecule has 1 fully saturated rings. The number of H-pyrrole nitrogens is 1. The number of aliphatic hydroxyl groups is 1. The van der Waals surface area contributed by atoms with E-state index in [0.717, 1.165) is 41.4 Å². The summed E-state index contributed by atoms with van der Waals surface area (Å²) in [4.78, 5) is 21.4. The van der Waals surface area contributed by atoms with Gasteiger partial charge in [0.25, 0.3) is 0 Å². The molecule has 2 aromatic heterocycles. The van der Waals surface area contributed by atoms with E-state index in [1.54, 1.807) is 0 Å². The number of rotatable bonds is 5. The van der Waals surface area contributed by atoms with E-state index < -0.39 is 5.41 Å². The predicted molar refractivity (Wildman–Crippen MR) is 95.6 cm³/mol. The van der Waals surface area contributed by atoms with E-state index in [0.29, 0.717) is 19.3 Å². The van der Waals surface area contributed by atoms with Crippen molar-refractivity contribution in [2.24, 2.45) is 5.41 Å². The molecule has 2 heterocycles. The summed E-state index contributed by atoms with van der Waals surface area (Å²) in [5.41, 5.74) is 3.10. The van der Waals surface area contributed by atoms with Crippen molar-refractivity contribution in [1.82, 2.24) is 20.2 Å². The Hall–Kier alpha value is -2.28.